The fourth-order valence-electron chi connectivity index (χ4n) is 4.32. The first-order chi connectivity index (χ1) is 19.1. The van der Waals surface area contributed by atoms with Crippen LogP contribution < -0.4 is 15.5 Å². The van der Waals surface area contributed by atoms with Crippen LogP contribution in [0.2, 0.25) is 0 Å². The molecule has 0 saturated carbocycles. The number of fused-ring (bicyclic) bond motifs is 1. The Bertz CT molecular complexity index is 1410. The van der Waals surface area contributed by atoms with E-state index in [-0.39, 0.29) is 6.61 Å². The highest BCUT2D eigenvalue weighted by atomic mass is 32.1. The highest BCUT2D eigenvalue weighted by Crippen LogP contribution is 2.35. The van der Waals surface area contributed by atoms with Crippen LogP contribution in [0.15, 0.2) is 24.3 Å². The maximum Gasteiger partial charge on any atom is 0.350 e. The molecule has 1 aliphatic heterocycles. The van der Waals surface area contributed by atoms with Gasteiger partial charge in [0.15, 0.2) is 11.0 Å². The molecule has 0 spiro atoms. The number of aromatic nitrogens is 7. The van der Waals surface area contributed by atoms with E-state index in [0.717, 1.165) is 47.7 Å². The number of hydrogen-bond acceptors (Lipinski definition) is 13. The van der Waals surface area contributed by atoms with E-state index in [2.05, 4.69) is 53.3 Å². The largest absolute Gasteiger partial charge is 0.462 e. The molecule has 204 valence electrons. The number of hydrogen-bond donors (Lipinski definition) is 4. The molecule has 0 amide bonds. The van der Waals surface area contributed by atoms with Crippen molar-refractivity contribution in [2.75, 3.05) is 41.8 Å². The summed E-state index contributed by atoms with van der Waals surface area (Å²) in [6, 6.07) is 8.09. The number of ether oxygens (including phenoxy) is 1. The number of tetrazole rings is 1. The van der Waals surface area contributed by atoms with E-state index >= 15 is 0 Å². The SMILES string of the molecule is CCOC(=O)c1sc(Nc2nc(NCCCCO)c3c(n2)N(Cc2ccc(-c4nnn[nH]4)cc2)CC3)nc1C. The second-order valence-electron chi connectivity index (χ2n) is 8.95. The summed E-state index contributed by atoms with van der Waals surface area (Å²) in [7, 11) is 0. The second kappa shape index (κ2) is 12.1. The number of thiazole rings is 1. The zero-order valence-corrected chi connectivity index (χ0v) is 22.6. The smallest absolute Gasteiger partial charge is 0.350 e. The number of anilines is 4. The average molecular weight is 551 g/mol. The second-order valence-corrected chi connectivity index (χ2v) is 9.95. The highest BCUT2D eigenvalue weighted by molar-refractivity contribution is 7.17. The first kappa shape index (κ1) is 26.4. The fourth-order valence-corrected chi connectivity index (χ4v) is 5.17. The van der Waals surface area contributed by atoms with Gasteiger partial charge in [-0.25, -0.2) is 14.9 Å². The van der Waals surface area contributed by atoms with Gasteiger partial charge in [-0.1, -0.05) is 35.6 Å². The molecule has 3 aromatic heterocycles. The normalized spacial score (nSPS) is 12.4. The maximum absolute atomic E-state index is 12.3. The van der Waals surface area contributed by atoms with Crippen molar-refractivity contribution in [3.8, 4) is 11.4 Å². The molecule has 0 fully saturated rings. The van der Waals surface area contributed by atoms with Crippen LogP contribution in [0.1, 0.15) is 46.3 Å². The van der Waals surface area contributed by atoms with Crippen LogP contribution in [0, 0.1) is 6.92 Å². The lowest BCUT2D eigenvalue weighted by Gasteiger charge is -2.20. The van der Waals surface area contributed by atoms with Gasteiger partial charge in [0.25, 0.3) is 0 Å². The van der Waals surface area contributed by atoms with Crippen molar-refractivity contribution in [1.29, 1.82) is 0 Å². The number of carbonyl (C=O) groups is 1. The van der Waals surface area contributed by atoms with Gasteiger partial charge >= 0.3 is 5.97 Å². The Morgan fingerprint density at radius 1 is 1.21 bits per heavy atom. The Hall–Kier alpha value is -4.17. The van der Waals surface area contributed by atoms with Crippen molar-refractivity contribution in [3.63, 3.8) is 0 Å². The highest BCUT2D eigenvalue weighted by Gasteiger charge is 2.26. The van der Waals surface area contributed by atoms with Gasteiger partial charge in [0.1, 0.15) is 16.5 Å². The number of benzene rings is 1. The minimum Gasteiger partial charge on any atom is -0.462 e. The van der Waals surface area contributed by atoms with E-state index in [1.807, 2.05) is 12.1 Å². The lowest BCUT2D eigenvalue weighted by atomic mass is 10.1. The zero-order chi connectivity index (χ0) is 27.2. The Morgan fingerprint density at radius 3 is 2.79 bits per heavy atom. The van der Waals surface area contributed by atoms with Crippen LogP contribution in [0.4, 0.5) is 22.7 Å². The van der Waals surface area contributed by atoms with Crippen LogP contribution in [0.5, 0.6) is 0 Å². The molecule has 0 atom stereocenters. The molecule has 4 aromatic rings. The number of aryl methyl sites for hydroxylation is 1. The molecule has 14 heteroatoms. The summed E-state index contributed by atoms with van der Waals surface area (Å²) in [6.07, 6.45) is 2.35. The van der Waals surface area contributed by atoms with E-state index in [9.17, 15) is 4.79 Å². The number of rotatable bonds is 12. The van der Waals surface area contributed by atoms with Crippen molar-refractivity contribution in [2.24, 2.45) is 0 Å². The monoisotopic (exact) mass is 550 g/mol. The molecular formula is C25H30N10O3S. The Balaban J connectivity index is 1.38. The molecule has 0 saturated heterocycles. The standard InChI is InChI=1S/C25H30N10O3S/c1-3-38-23(37)19-15(2)27-25(39-19)30-24-28-21(26-11-4-5-13-36)18-10-12-35(22(18)29-24)14-16-6-8-17(9-7-16)20-31-33-34-32-20/h6-9,36H,3-5,10-14H2,1-2H3,(H,31,32,33,34)(H2,26,27,28,29,30). The minimum absolute atomic E-state index is 0.155. The van der Waals surface area contributed by atoms with E-state index in [1.165, 1.54) is 11.3 Å². The average Bonchev–Trinajstić information content (AvgIpc) is 3.68. The summed E-state index contributed by atoms with van der Waals surface area (Å²) < 4.78 is 5.14. The summed E-state index contributed by atoms with van der Waals surface area (Å²) in [5, 5.41) is 30.3. The molecule has 5 rings (SSSR count). The first-order valence-corrected chi connectivity index (χ1v) is 13.6. The predicted molar refractivity (Wildman–Crippen MR) is 147 cm³/mol. The van der Waals surface area contributed by atoms with E-state index in [0.29, 0.717) is 53.6 Å². The number of unbranched alkanes of at least 4 members (excludes halogenated alkanes) is 1. The van der Waals surface area contributed by atoms with Gasteiger partial charge in [-0.3, -0.25) is 5.32 Å². The Morgan fingerprint density at radius 2 is 2.05 bits per heavy atom. The van der Waals surface area contributed by atoms with Gasteiger partial charge in [0, 0.05) is 37.4 Å². The van der Waals surface area contributed by atoms with Crippen LogP contribution in [0.3, 0.4) is 0 Å². The summed E-state index contributed by atoms with van der Waals surface area (Å²) >= 11 is 1.21. The van der Waals surface area contributed by atoms with Crippen LogP contribution in [0.25, 0.3) is 11.4 Å². The molecule has 0 bridgehead atoms. The molecule has 13 nitrogen and oxygen atoms in total. The van der Waals surface area contributed by atoms with Gasteiger partial charge in [-0.15, -0.1) is 5.10 Å². The summed E-state index contributed by atoms with van der Waals surface area (Å²) in [6.45, 7) is 6.16. The van der Waals surface area contributed by atoms with Crippen LogP contribution >= 0.6 is 11.3 Å². The van der Waals surface area contributed by atoms with Gasteiger partial charge in [-0.05, 0) is 49.1 Å². The van der Waals surface area contributed by atoms with Gasteiger partial charge in [0.05, 0.1) is 12.3 Å². The van der Waals surface area contributed by atoms with Crippen molar-refractivity contribution < 1.29 is 14.6 Å². The Kier molecular flexibility index (Phi) is 8.22. The third-order valence-corrected chi connectivity index (χ3v) is 7.27. The topological polar surface area (TPSA) is 167 Å². The zero-order valence-electron chi connectivity index (χ0n) is 21.8. The fraction of sp³-hybridized carbons (Fsp3) is 0.400. The van der Waals surface area contributed by atoms with Gasteiger partial charge < -0.3 is 20.1 Å². The molecule has 1 aromatic carbocycles. The van der Waals surface area contributed by atoms with Crippen molar-refractivity contribution in [3.05, 3.63) is 46.0 Å². The molecule has 1 aliphatic rings. The quantitative estimate of drug-likeness (QED) is 0.151. The van der Waals surface area contributed by atoms with Gasteiger partial charge in [-0.2, -0.15) is 9.97 Å². The number of nitrogens with zero attached hydrogens (tertiary/aromatic N) is 7. The summed E-state index contributed by atoms with van der Waals surface area (Å²) in [5.41, 5.74) is 3.68. The van der Waals surface area contributed by atoms with Crippen LogP contribution in [-0.2, 0) is 17.7 Å². The number of aromatic amines is 1. The number of carbonyl (C=O) groups excluding carboxylic acids is 1. The van der Waals surface area contributed by atoms with E-state index in [4.69, 9.17) is 19.8 Å². The lowest BCUT2D eigenvalue weighted by molar-refractivity contribution is 0.0531. The predicted octanol–water partition coefficient (Wildman–Crippen LogP) is 3.09. The first-order valence-electron chi connectivity index (χ1n) is 12.8. The number of nitrogens with one attached hydrogen (secondary N) is 3. The third-order valence-electron chi connectivity index (χ3n) is 6.22. The molecule has 39 heavy (non-hydrogen) atoms. The minimum atomic E-state index is -0.390. The van der Waals surface area contributed by atoms with E-state index in [1.54, 1.807) is 13.8 Å². The van der Waals surface area contributed by atoms with Crippen molar-refractivity contribution in [1.82, 2.24) is 35.6 Å². The van der Waals surface area contributed by atoms with Crippen LogP contribution in [-0.4, -0.2) is 73.0 Å². The van der Waals surface area contributed by atoms with Crippen molar-refractivity contribution >= 4 is 40.0 Å². The molecule has 0 radical (unpaired) electrons. The Labute approximate surface area is 229 Å². The third kappa shape index (κ3) is 6.12. The number of H-pyrrole nitrogens is 1. The summed E-state index contributed by atoms with van der Waals surface area (Å²) in [5.74, 6) is 2.23. The molecule has 0 aliphatic carbocycles. The molecular weight excluding hydrogens is 520 g/mol. The lowest BCUT2D eigenvalue weighted by Crippen LogP contribution is -2.21. The molecule has 0 unspecified atom stereocenters. The van der Waals surface area contributed by atoms with Crippen molar-refractivity contribution in [2.45, 2.75) is 39.7 Å². The number of aliphatic hydroxyl groups is 1. The van der Waals surface area contributed by atoms with Gasteiger partial charge in [0.2, 0.25) is 5.95 Å². The maximum atomic E-state index is 12.3. The molecule has 4 N–H and O–H groups in total. The molecule has 4 heterocycles. The number of esters is 1. The summed E-state index contributed by atoms with van der Waals surface area (Å²) in [4.78, 5) is 29.0. The number of aliphatic hydroxyl groups excluding tert-OH is 1. The van der Waals surface area contributed by atoms with E-state index < -0.39 is 5.97 Å².